The number of hydrogen-bond acceptors (Lipinski definition) is 2. The van der Waals surface area contributed by atoms with Gasteiger partial charge in [-0.2, -0.15) is 0 Å². The van der Waals surface area contributed by atoms with Gasteiger partial charge in [0.15, 0.2) is 0 Å². The zero-order valence-electron chi connectivity index (χ0n) is 25.1. The maximum atomic E-state index is 6.27. The summed E-state index contributed by atoms with van der Waals surface area (Å²) >= 11 is 0. The molecule has 0 saturated carbocycles. The first-order valence-corrected chi connectivity index (χ1v) is 15.7. The van der Waals surface area contributed by atoms with Gasteiger partial charge in [-0.1, -0.05) is 121 Å². The topological polar surface area (TPSA) is 16.4 Å². The monoisotopic (exact) mass is 587 g/mol. The van der Waals surface area contributed by atoms with Crippen molar-refractivity contribution in [2.75, 3.05) is 4.90 Å². The number of hydrogen-bond donors (Lipinski definition) is 0. The molecule has 0 aliphatic rings. The van der Waals surface area contributed by atoms with E-state index in [1.54, 1.807) is 0 Å². The molecule has 0 radical (unpaired) electrons. The summed E-state index contributed by atoms with van der Waals surface area (Å²) < 4.78 is 6.27. The molecule has 46 heavy (non-hydrogen) atoms. The second-order valence-corrected chi connectivity index (χ2v) is 11.8. The summed E-state index contributed by atoms with van der Waals surface area (Å²) in [5.41, 5.74) is 9.88. The first-order valence-electron chi connectivity index (χ1n) is 15.7. The van der Waals surface area contributed by atoms with E-state index in [9.17, 15) is 0 Å². The molecule has 9 rings (SSSR count). The summed E-state index contributed by atoms with van der Waals surface area (Å²) in [5.74, 6) is 0. The van der Waals surface area contributed by atoms with Gasteiger partial charge < -0.3 is 9.32 Å². The molecule has 0 bridgehead atoms. The Labute approximate surface area is 267 Å². The number of rotatable bonds is 5. The van der Waals surface area contributed by atoms with Gasteiger partial charge in [0.25, 0.3) is 0 Å². The zero-order chi connectivity index (χ0) is 30.5. The molecule has 0 saturated heterocycles. The lowest BCUT2D eigenvalue weighted by Gasteiger charge is -2.26. The zero-order valence-corrected chi connectivity index (χ0v) is 25.1. The number of nitrogens with zero attached hydrogens (tertiary/aromatic N) is 1. The molecule has 1 aromatic heterocycles. The Hall–Kier alpha value is -6.12. The molecule has 0 atom stereocenters. The maximum Gasteiger partial charge on any atom is 0.136 e. The summed E-state index contributed by atoms with van der Waals surface area (Å²) in [6.07, 6.45) is 0. The fourth-order valence-corrected chi connectivity index (χ4v) is 6.74. The number of anilines is 3. The second-order valence-electron chi connectivity index (χ2n) is 11.8. The first kappa shape index (κ1) is 26.3. The Bertz CT molecular complexity index is 2530. The molecule has 0 spiro atoms. The van der Waals surface area contributed by atoms with Gasteiger partial charge in [0.2, 0.25) is 0 Å². The van der Waals surface area contributed by atoms with Crippen LogP contribution in [0.4, 0.5) is 17.1 Å². The third-order valence-electron chi connectivity index (χ3n) is 9.02. The van der Waals surface area contributed by atoms with Crippen molar-refractivity contribution < 1.29 is 4.42 Å². The van der Waals surface area contributed by atoms with E-state index in [1.165, 1.54) is 43.8 Å². The standard InChI is InChI=1S/C44H29NO/c1-2-9-30(10-3-1)32-19-23-37(24-20-32)45(38-14-8-13-35(28-38)36-18-17-31-11-4-5-12-34(31)27-36)39-25-21-33-22-26-43-44(41(33)29-39)40-15-6-7-16-42(40)46-43/h1-29H. The number of para-hydroxylation sites is 1. The largest absolute Gasteiger partial charge is 0.456 e. The van der Waals surface area contributed by atoms with Crippen LogP contribution in [0, 0.1) is 0 Å². The van der Waals surface area contributed by atoms with Crippen LogP contribution in [0.5, 0.6) is 0 Å². The molecular weight excluding hydrogens is 558 g/mol. The van der Waals surface area contributed by atoms with Crippen LogP contribution >= 0.6 is 0 Å². The summed E-state index contributed by atoms with van der Waals surface area (Å²) in [6.45, 7) is 0. The van der Waals surface area contributed by atoms with E-state index in [1.807, 2.05) is 12.1 Å². The number of furan rings is 1. The van der Waals surface area contributed by atoms with Crippen LogP contribution in [0.25, 0.3) is 65.7 Å². The van der Waals surface area contributed by atoms with E-state index < -0.39 is 0 Å². The van der Waals surface area contributed by atoms with Crippen LogP contribution in [-0.2, 0) is 0 Å². The highest BCUT2D eigenvalue weighted by Gasteiger charge is 2.17. The van der Waals surface area contributed by atoms with Crippen molar-refractivity contribution in [3.05, 3.63) is 176 Å². The Balaban J connectivity index is 1.23. The molecule has 0 fully saturated rings. The molecule has 216 valence electrons. The van der Waals surface area contributed by atoms with Crippen molar-refractivity contribution in [3.8, 4) is 22.3 Å². The van der Waals surface area contributed by atoms with Crippen LogP contribution in [0.15, 0.2) is 180 Å². The van der Waals surface area contributed by atoms with Gasteiger partial charge in [0, 0.05) is 27.8 Å². The van der Waals surface area contributed by atoms with Crippen molar-refractivity contribution in [3.63, 3.8) is 0 Å². The van der Waals surface area contributed by atoms with E-state index >= 15 is 0 Å². The van der Waals surface area contributed by atoms with E-state index in [2.05, 4.69) is 169 Å². The lowest BCUT2D eigenvalue weighted by Crippen LogP contribution is -2.10. The highest BCUT2D eigenvalue weighted by Crippen LogP contribution is 2.41. The Morgan fingerprint density at radius 1 is 0.326 bits per heavy atom. The highest BCUT2D eigenvalue weighted by molar-refractivity contribution is 6.19. The fourth-order valence-electron chi connectivity index (χ4n) is 6.74. The van der Waals surface area contributed by atoms with Gasteiger partial charge >= 0.3 is 0 Å². The van der Waals surface area contributed by atoms with Crippen molar-refractivity contribution in [1.29, 1.82) is 0 Å². The lowest BCUT2D eigenvalue weighted by atomic mass is 9.99. The molecule has 8 aromatic carbocycles. The third kappa shape index (κ3) is 4.51. The molecule has 2 nitrogen and oxygen atoms in total. The summed E-state index contributed by atoms with van der Waals surface area (Å²) in [4.78, 5) is 2.36. The second kappa shape index (κ2) is 10.8. The molecule has 0 aliphatic carbocycles. The Kier molecular flexibility index (Phi) is 6.17. The predicted molar refractivity (Wildman–Crippen MR) is 194 cm³/mol. The van der Waals surface area contributed by atoms with E-state index in [0.29, 0.717) is 0 Å². The first-order chi connectivity index (χ1) is 22.8. The maximum absolute atomic E-state index is 6.27. The van der Waals surface area contributed by atoms with Crippen molar-refractivity contribution in [2.24, 2.45) is 0 Å². The number of benzene rings is 8. The van der Waals surface area contributed by atoms with Crippen LogP contribution in [0.2, 0.25) is 0 Å². The Morgan fingerprint density at radius 2 is 0.957 bits per heavy atom. The minimum absolute atomic E-state index is 0.905. The minimum atomic E-state index is 0.905. The average Bonchev–Trinajstić information content (AvgIpc) is 3.52. The molecule has 0 unspecified atom stereocenters. The lowest BCUT2D eigenvalue weighted by molar-refractivity contribution is 0.669. The average molecular weight is 588 g/mol. The van der Waals surface area contributed by atoms with Crippen molar-refractivity contribution in [2.45, 2.75) is 0 Å². The summed E-state index contributed by atoms with van der Waals surface area (Å²) in [6, 6.07) is 62.9. The van der Waals surface area contributed by atoms with Gasteiger partial charge in [-0.25, -0.2) is 0 Å². The van der Waals surface area contributed by atoms with Crippen LogP contribution in [-0.4, -0.2) is 0 Å². The molecule has 1 heterocycles. The van der Waals surface area contributed by atoms with E-state index in [-0.39, 0.29) is 0 Å². The Morgan fingerprint density at radius 3 is 1.85 bits per heavy atom. The van der Waals surface area contributed by atoms with Gasteiger partial charge in [-0.05, 0) is 98.4 Å². The number of fused-ring (bicyclic) bond motifs is 6. The van der Waals surface area contributed by atoms with Gasteiger partial charge in [-0.15, -0.1) is 0 Å². The van der Waals surface area contributed by atoms with E-state index in [0.717, 1.165) is 39.0 Å². The highest BCUT2D eigenvalue weighted by atomic mass is 16.3. The van der Waals surface area contributed by atoms with Crippen molar-refractivity contribution >= 4 is 60.5 Å². The molecule has 2 heteroatoms. The minimum Gasteiger partial charge on any atom is -0.456 e. The molecular formula is C44H29NO. The summed E-state index contributed by atoms with van der Waals surface area (Å²) in [7, 11) is 0. The van der Waals surface area contributed by atoms with Crippen LogP contribution in [0.1, 0.15) is 0 Å². The molecule has 0 N–H and O–H groups in total. The normalized spacial score (nSPS) is 11.5. The summed E-state index contributed by atoms with van der Waals surface area (Å²) in [5, 5.41) is 7.14. The van der Waals surface area contributed by atoms with Crippen LogP contribution < -0.4 is 4.90 Å². The third-order valence-corrected chi connectivity index (χ3v) is 9.02. The molecule has 0 aliphatic heterocycles. The SMILES string of the molecule is c1ccc(-c2ccc(N(c3cccc(-c4ccc5ccccc5c4)c3)c3ccc4ccc5oc6ccccc6c5c4c3)cc2)cc1. The van der Waals surface area contributed by atoms with Gasteiger partial charge in [-0.3, -0.25) is 0 Å². The van der Waals surface area contributed by atoms with Gasteiger partial charge in [0.1, 0.15) is 11.2 Å². The molecule has 9 aromatic rings. The van der Waals surface area contributed by atoms with E-state index in [4.69, 9.17) is 4.42 Å². The predicted octanol–water partition coefficient (Wildman–Crippen LogP) is 12.7. The smallest absolute Gasteiger partial charge is 0.136 e. The van der Waals surface area contributed by atoms with Gasteiger partial charge in [0.05, 0.1) is 0 Å². The molecule has 0 amide bonds. The van der Waals surface area contributed by atoms with Crippen LogP contribution in [0.3, 0.4) is 0 Å². The van der Waals surface area contributed by atoms with Crippen molar-refractivity contribution in [1.82, 2.24) is 0 Å². The quantitative estimate of drug-likeness (QED) is 0.199. The fraction of sp³-hybridized carbons (Fsp3) is 0.